The van der Waals surface area contributed by atoms with Crippen molar-refractivity contribution in [3.8, 4) is 5.75 Å². The number of nitrogens with zero attached hydrogens (tertiary/aromatic N) is 1. The molecule has 0 saturated carbocycles. The number of rotatable bonds is 7. The molecule has 1 aromatic heterocycles. The van der Waals surface area contributed by atoms with Gasteiger partial charge in [-0.25, -0.2) is 0 Å². The van der Waals surface area contributed by atoms with E-state index >= 15 is 0 Å². The number of hydrogen-bond donors (Lipinski definition) is 1. The van der Waals surface area contributed by atoms with Gasteiger partial charge in [-0.05, 0) is 49.6 Å². The summed E-state index contributed by atoms with van der Waals surface area (Å²) >= 11 is 0. The van der Waals surface area contributed by atoms with Crippen LogP contribution in [0.2, 0.25) is 0 Å². The molecule has 156 valence electrons. The average molecular weight is 412 g/mol. The third-order valence-corrected chi connectivity index (χ3v) is 5.19. The molecule has 0 bridgehead atoms. The standard InChI is InChI=1S/C26H24N2O3/c1-18-23(19(2)31-28-18)17-30-25-15-9-7-13-22(25)26(29)27-24-14-8-6-12-21(24)16-20-10-4-3-5-11-20/h3-15H,16-17H2,1-2H3,(H,27,29). The molecule has 0 aliphatic heterocycles. The minimum Gasteiger partial charge on any atom is -0.488 e. The fourth-order valence-corrected chi connectivity index (χ4v) is 3.44. The van der Waals surface area contributed by atoms with Crippen molar-refractivity contribution in [2.24, 2.45) is 0 Å². The maximum Gasteiger partial charge on any atom is 0.259 e. The van der Waals surface area contributed by atoms with E-state index in [2.05, 4.69) is 22.6 Å². The van der Waals surface area contributed by atoms with Crippen molar-refractivity contribution in [2.45, 2.75) is 26.9 Å². The molecule has 0 aliphatic rings. The molecule has 3 aromatic carbocycles. The zero-order valence-corrected chi connectivity index (χ0v) is 17.6. The number of para-hydroxylation sites is 2. The second kappa shape index (κ2) is 9.30. The largest absolute Gasteiger partial charge is 0.488 e. The summed E-state index contributed by atoms with van der Waals surface area (Å²) in [7, 11) is 0. The second-order valence-electron chi connectivity index (χ2n) is 7.36. The number of carbonyl (C=O) groups excluding carboxylic acids is 1. The van der Waals surface area contributed by atoms with Crippen molar-refractivity contribution < 1.29 is 14.1 Å². The maximum atomic E-state index is 13.1. The van der Waals surface area contributed by atoms with Gasteiger partial charge in [0.15, 0.2) is 0 Å². The second-order valence-corrected chi connectivity index (χ2v) is 7.36. The Morgan fingerprint density at radius 1 is 0.935 bits per heavy atom. The van der Waals surface area contributed by atoms with E-state index in [-0.39, 0.29) is 12.5 Å². The van der Waals surface area contributed by atoms with E-state index in [0.29, 0.717) is 17.1 Å². The highest BCUT2D eigenvalue weighted by atomic mass is 16.5. The fraction of sp³-hybridized carbons (Fsp3) is 0.154. The number of aryl methyl sites for hydroxylation is 2. The summed E-state index contributed by atoms with van der Waals surface area (Å²) in [4.78, 5) is 13.1. The van der Waals surface area contributed by atoms with Gasteiger partial charge in [-0.2, -0.15) is 0 Å². The van der Waals surface area contributed by atoms with Crippen LogP contribution in [0.15, 0.2) is 83.4 Å². The highest BCUT2D eigenvalue weighted by Crippen LogP contribution is 2.24. The first-order valence-corrected chi connectivity index (χ1v) is 10.2. The van der Waals surface area contributed by atoms with Crippen LogP contribution >= 0.6 is 0 Å². The van der Waals surface area contributed by atoms with Gasteiger partial charge < -0.3 is 14.6 Å². The van der Waals surface area contributed by atoms with Crippen LogP contribution in [0.5, 0.6) is 5.75 Å². The van der Waals surface area contributed by atoms with Gasteiger partial charge in [-0.15, -0.1) is 0 Å². The molecular weight excluding hydrogens is 388 g/mol. The monoisotopic (exact) mass is 412 g/mol. The van der Waals surface area contributed by atoms with Crippen LogP contribution < -0.4 is 10.1 Å². The Morgan fingerprint density at radius 3 is 2.42 bits per heavy atom. The van der Waals surface area contributed by atoms with E-state index in [1.807, 2.05) is 68.4 Å². The van der Waals surface area contributed by atoms with E-state index in [1.165, 1.54) is 5.56 Å². The van der Waals surface area contributed by atoms with E-state index in [4.69, 9.17) is 9.26 Å². The SMILES string of the molecule is Cc1noc(C)c1COc1ccccc1C(=O)Nc1ccccc1Cc1ccccc1. The van der Waals surface area contributed by atoms with Crippen LogP contribution in [0.3, 0.4) is 0 Å². The van der Waals surface area contributed by atoms with Crippen molar-refractivity contribution in [3.05, 3.63) is 113 Å². The molecule has 4 aromatic rings. The van der Waals surface area contributed by atoms with Crippen LogP contribution in [0.4, 0.5) is 5.69 Å². The Morgan fingerprint density at radius 2 is 1.65 bits per heavy atom. The van der Waals surface area contributed by atoms with Gasteiger partial charge in [0.05, 0.1) is 16.8 Å². The van der Waals surface area contributed by atoms with Gasteiger partial charge in [0.1, 0.15) is 18.1 Å². The molecule has 0 spiro atoms. The summed E-state index contributed by atoms with van der Waals surface area (Å²) in [6, 6.07) is 25.3. The smallest absolute Gasteiger partial charge is 0.259 e. The molecule has 31 heavy (non-hydrogen) atoms. The van der Waals surface area contributed by atoms with Gasteiger partial charge in [0.2, 0.25) is 0 Å². The van der Waals surface area contributed by atoms with E-state index in [9.17, 15) is 4.79 Å². The number of anilines is 1. The molecule has 5 heteroatoms. The highest BCUT2D eigenvalue weighted by Gasteiger charge is 2.16. The van der Waals surface area contributed by atoms with Crippen LogP contribution in [0.1, 0.15) is 38.5 Å². The molecule has 0 saturated heterocycles. The highest BCUT2D eigenvalue weighted by molar-refractivity contribution is 6.06. The first-order valence-electron chi connectivity index (χ1n) is 10.2. The van der Waals surface area contributed by atoms with E-state index < -0.39 is 0 Å². The Bertz CT molecular complexity index is 1160. The van der Waals surface area contributed by atoms with Crippen LogP contribution in [-0.2, 0) is 13.0 Å². The number of nitrogens with one attached hydrogen (secondary N) is 1. The molecule has 4 rings (SSSR count). The van der Waals surface area contributed by atoms with Crippen LogP contribution in [0, 0.1) is 13.8 Å². The van der Waals surface area contributed by atoms with Gasteiger partial charge >= 0.3 is 0 Å². The summed E-state index contributed by atoms with van der Waals surface area (Å²) in [5.41, 5.74) is 5.18. The quantitative estimate of drug-likeness (QED) is 0.422. The number of ether oxygens (including phenoxy) is 1. The Kier molecular flexibility index (Phi) is 6.13. The first kappa shape index (κ1) is 20.4. The molecule has 1 N–H and O–H groups in total. The van der Waals surface area contributed by atoms with Crippen molar-refractivity contribution in [3.63, 3.8) is 0 Å². The zero-order chi connectivity index (χ0) is 21.6. The van der Waals surface area contributed by atoms with Gasteiger partial charge in [-0.3, -0.25) is 4.79 Å². The number of hydrogen-bond acceptors (Lipinski definition) is 4. The van der Waals surface area contributed by atoms with E-state index in [1.54, 1.807) is 12.1 Å². The zero-order valence-electron chi connectivity index (χ0n) is 17.6. The molecule has 0 aliphatic carbocycles. The number of benzene rings is 3. The summed E-state index contributed by atoms with van der Waals surface area (Å²) in [6.45, 7) is 4.01. The number of aromatic nitrogens is 1. The number of amides is 1. The third-order valence-electron chi connectivity index (χ3n) is 5.19. The summed E-state index contributed by atoms with van der Waals surface area (Å²) in [5, 5.41) is 7.01. The lowest BCUT2D eigenvalue weighted by molar-refractivity contribution is 0.102. The predicted molar refractivity (Wildman–Crippen MR) is 120 cm³/mol. The minimum absolute atomic E-state index is 0.213. The molecule has 0 atom stereocenters. The average Bonchev–Trinajstić information content (AvgIpc) is 3.11. The molecule has 0 unspecified atom stereocenters. The van der Waals surface area contributed by atoms with Crippen molar-refractivity contribution in [1.82, 2.24) is 5.16 Å². The van der Waals surface area contributed by atoms with Gasteiger partial charge in [-0.1, -0.05) is 65.8 Å². The Labute approximate surface area is 181 Å². The van der Waals surface area contributed by atoms with E-state index in [0.717, 1.165) is 28.9 Å². The molecule has 1 heterocycles. The van der Waals surface area contributed by atoms with Crippen LogP contribution in [0.25, 0.3) is 0 Å². The van der Waals surface area contributed by atoms with Gasteiger partial charge in [0.25, 0.3) is 5.91 Å². The lowest BCUT2D eigenvalue weighted by Gasteiger charge is -2.14. The molecule has 0 radical (unpaired) electrons. The summed E-state index contributed by atoms with van der Waals surface area (Å²) in [5.74, 6) is 1.02. The number of carbonyl (C=O) groups is 1. The summed E-state index contributed by atoms with van der Waals surface area (Å²) in [6.07, 6.45) is 0.738. The Balaban J connectivity index is 1.52. The topological polar surface area (TPSA) is 64.4 Å². The third kappa shape index (κ3) is 4.83. The van der Waals surface area contributed by atoms with Gasteiger partial charge in [0, 0.05) is 5.69 Å². The fourth-order valence-electron chi connectivity index (χ4n) is 3.44. The molecular formula is C26H24N2O3. The van der Waals surface area contributed by atoms with Crippen molar-refractivity contribution >= 4 is 11.6 Å². The molecule has 5 nitrogen and oxygen atoms in total. The lowest BCUT2D eigenvalue weighted by Crippen LogP contribution is -2.15. The van der Waals surface area contributed by atoms with Crippen molar-refractivity contribution in [1.29, 1.82) is 0 Å². The minimum atomic E-state index is -0.213. The van der Waals surface area contributed by atoms with Crippen molar-refractivity contribution in [2.75, 3.05) is 5.32 Å². The maximum absolute atomic E-state index is 13.1. The summed E-state index contributed by atoms with van der Waals surface area (Å²) < 4.78 is 11.2. The predicted octanol–water partition coefficient (Wildman–Crippen LogP) is 5.71. The normalized spacial score (nSPS) is 10.6. The first-order chi connectivity index (χ1) is 15.1. The Hall–Kier alpha value is -3.86. The molecule has 0 fully saturated rings. The lowest BCUT2D eigenvalue weighted by atomic mass is 10.0. The van der Waals surface area contributed by atoms with Crippen LogP contribution in [-0.4, -0.2) is 11.1 Å². The molecule has 1 amide bonds.